The number of nitrogens with one attached hydrogen (secondary N) is 1. The molecule has 2 saturated carbocycles. The van der Waals surface area contributed by atoms with Crippen LogP contribution in [0.2, 0.25) is 0 Å². The minimum Gasteiger partial charge on any atom is -0.508 e. The first-order valence-electron chi connectivity index (χ1n) is 19.2. The topological polar surface area (TPSA) is 147 Å². The average Bonchev–Trinajstić information content (AvgIpc) is 3.69. The van der Waals surface area contributed by atoms with Gasteiger partial charge in [0.25, 0.3) is 0 Å². The van der Waals surface area contributed by atoms with Crippen LogP contribution in [-0.4, -0.2) is 60.4 Å². The number of carboxylic acid groups (broad SMARTS) is 1. The molecule has 10 heteroatoms. The van der Waals surface area contributed by atoms with Crippen LogP contribution in [-0.2, 0) is 26.3 Å². The van der Waals surface area contributed by atoms with E-state index in [1.54, 1.807) is 23.0 Å². The van der Waals surface area contributed by atoms with Crippen molar-refractivity contribution in [3.8, 4) is 5.75 Å². The lowest BCUT2D eigenvalue weighted by molar-refractivity contribution is -0.143. The number of phenolic OH excluding ortho intramolecular Hbond substituents is 1. The van der Waals surface area contributed by atoms with E-state index in [1.165, 1.54) is 18.1 Å². The summed E-state index contributed by atoms with van der Waals surface area (Å²) in [4.78, 5) is 25.1. The molecule has 6 rings (SSSR count). The minimum atomic E-state index is -1.20. The Morgan fingerprint density at radius 1 is 1.16 bits per heavy atom. The van der Waals surface area contributed by atoms with Gasteiger partial charge in [0.15, 0.2) is 0 Å². The number of unbranched alkanes of at least 4 members (excludes halogenated alkanes) is 1. The second-order valence-corrected chi connectivity index (χ2v) is 16.3. The zero-order valence-corrected chi connectivity index (χ0v) is 30.8. The predicted molar refractivity (Wildman–Crippen MR) is 191 cm³/mol. The van der Waals surface area contributed by atoms with E-state index in [4.69, 9.17) is 4.74 Å². The number of phenols is 1. The first-order valence-corrected chi connectivity index (χ1v) is 19.2. The number of aliphatic hydroxyl groups is 1. The van der Waals surface area contributed by atoms with Crippen LogP contribution in [0.3, 0.4) is 0 Å². The summed E-state index contributed by atoms with van der Waals surface area (Å²) in [5, 5.41) is 45.1. The zero-order chi connectivity index (χ0) is 36.0. The van der Waals surface area contributed by atoms with Crippen molar-refractivity contribution in [2.24, 2.45) is 35.0 Å². The van der Waals surface area contributed by atoms with Gasteiger partial charge in [0.2, 0.25) is 5.91 Å². The Bertz CT molecular complexity index is 1590. The number of hydrogen-bond acceptors (Lipinski definition) is 7. The van der Waals surface area contributed by atoms with Gasteiger partial charge in [-0.05, 0) is 110 Å². The number of ether oxygens (including phenoxy) is 1. The Kier molecular flexibility index (Phi) is 10.5. The summed E-state index contributed by atoms with van der Waals surface area (Å²) in [5.74, 6) is 0.137. The largest absolute Gasteiger partial charge is 0.508 e. The van der Waals surface area contributed by atoms with Gasteiger partial charge in [0.1, 0.15) is 17.0 Å². The quantitative estimate of drug-likeness (QED) is 0.190. The summed E-state index contributed by atoms with van der Waals surface area (Å²) in [6.07, 6.45) is 12.3. The predicted octanol–water partition coefficient (Wildman–Crippen LogP) is 6.80. The number of carbonyl (C=O) groups excluding carboxylic acids is 1. The first kappa shape index (κ1) is 36.5. The fraction of sp³-hybridized carbons (Fsp3) is 0.700. The molecule has 1 heterocycles. The van der Waals surface area contributed by atoms with Crippen LogP contribution in [0.15, 0.2) is 30.5 Å². The van der Waals surface area contributed by atoms with Gasteiger partial charge in [0, 0.05) is 12.3 Å². The normalized spacial score (nSPS) is 33.7. The van der Waals surface area contributed by atoms with E-state index < -0.39 is 35.0 Å². The lowest BCUT2D eigenvalue weighted by Crippen LogP contribution is -2.51. The number of benzene rings is 1. The summed E-state index contributed by atoms with van der Waals surface area (Å²) in [5.41, 5.74) is 1.97. The second kappa shape index (κ2) is 14.4. The van der Waals surface area contributed by atoms with E-state index in [0.717, 1.165) is 57.8 Å². The van der Waals surface area contributed by atoms with E-state index >= 15 is 0 Å². The highest BCUT2D eigenvalue weighted by molar-refractivity contribution is 5.79. The van der Waals surface area contributed by atoms with E-state index in [9.17, 15) is 24.9 Å². The van der Waals surface area contributed by atoms with E-state index in [-0.39, 0.29) is 24.3 Å². The molecule has 4 aliphatic carbocycles. The molecule has 4 N–H and O–H groups in total. The summed E-state index contributed by atoms with van der Waals surface area (Å²) in [6.45, 7) is 12.4. The third-order valence-corrected chi connectivity index (χ3v) is 13.5. The van der Waals surface area contributed by atoms with Crippen LogP contribution in [0.1, 0.15) is 128 Å². The van der Waals surface area contributed by atoms with Crippen LogP contribution in [0.4, 0.5) is 0 Å². The van der Waals surface area contributed by atoms with Crippen molar-refractivity contribution in [3.05, 3.63) is 47.3 Å². The third-order valence-electron chi connectivity index (χ3n) is 13.5. The van der Waals surface area contributed by atoms with Gasteiger partial charge in [-0.3, -0.25) is 9.59 Å². The molecular weight excluding hydrogens is 632 g/mol. The maximum absolute atomic E-state index is 12.6. The number of aliphatic carboxylic acids is 1. The maximum Gasteiger partial charge on any atom is 0.310 e. The molecule has 1 aromatic carbocycles. The molecule has 50 heavy (non-hydrogen) atoms. The molecule has 2 fully saturated rings. The Morgan fingerprint density at radius 2 is 1.94 bits per heavy atom. The van der Waals surface area contributed by atoms with Crippen molar-refractivity contribution in [1.82, 2.24) is 20.3 Å². The molecule has 4 aliphatic rings. The van der Waals surface area contributed by atoms with Gasteiger partial charge < -0.3 is 25.4 Å². The van der Waals surface area contributed by atoms with E-state index in [2.05, 4.69) is 56.3 Å². The Balaban J connectivity index is 1.28. The number of aryl methyl sites for hydroxylation is 1. The Morgan fingerprint density at radius 3 is 2.64 bits per heavy atom. The molecule has 10 nitrogen and oxygen atoms in total. The zero-order valence-electron chi connectivity index (χ0n) is 30.8. The summed E-state index contributed by atoms with van der Waals surface area (Å²) in [6, 6.07) is 5.17. The summed E-state index contributed by atoms with van der Waals surface area (Å²) < 4.78 is 8.37. The molecule has 11 atom stereocenters. The number of nitrogens with zero attached hydrogens (tertiary/aromatic N) is 3. The second-order valence-electron chi connectivity index (χ2n) is 16.3. The van der Waals surface area contributed by atoms with Crippen LogP contribution in [0, 0.1) is 35.0 Å². The van der Waals surface area contributed by atoms with Gasteiger partial charge >= 0.3 is 5.97 Å². The summed E-state index contributed by atoms with van der Waals surface area (Å²) >= 11 is 0. The van der Waals surface area contributed by atoms with Crippen LogP contribution in [0.5, 0.6) is 5.75 Å². The first-order chi connectivity index (χ1) is 23.8. The summed E-state index contributed by atoms with van der Waals surface area (Å²) in [7, 11) is 0. The van der Waals surface area contributed by atoms with Crippen molar-refractivity contribution < 1.29 is 29.6 Å². The number of carbonyl (C=O) groups is 2. The van der Waals surface area contributed by atoms with Crippen molar-refractivity contribution in [2.75, 3.05) is 0 Å². The number of carboxylic acids is 1. The lowest BCUT2D eigenvalue weighted by atomic mass is 9.53. The Labute approximate surface area is 297 Å². The molecule has 7 unspecified atom stereocenters. The number of fused-ring (bicyclic) bond motifs is 5. The molecule has 0 aliphatic heterocycles. The standard InChI is InChI=1S/C40H58N4O6/c1-7-9-10-23(3)24(4)34(8-2)50-35-21-27(38(47)48)20-33(37(35)41-25(5)45)44-22-36(42-43-44)40(49)18-16-32-31-13-11-26-19-28(46)12-14-29(26)30(31)15-17-39(32,40)6/h12,14,19-20,22-24,27,30-32,34-35,37,46,49H,7-11,13,15-18,21H2,1-6H3,(H,41,45)(H,47,48)/t23?,24?,27?,30?,31?,32?,34?,35-,37-,39+,40-/m1/s1. The van der Waals surface area contributed by atoms with Crippen LogP contribution >= 0.6 is 0 Å². The van der Waals surface area contributed by atoms with Gasteiger partial charge in [-0.2, -0.15) is 0 Å². The molecule has 1 aromatic heterocycles. The lowest BCUT2D eigenvalue weighted by Gasteiger charge is -2.52. The van der Waals surface area contributed by atoms with Crippen molar-refractivity contribution in [3.63, 3.8) is 0 Å². The van der Waals surface area contributed by atoms with E-state index in [1.807, 2.05) is 6.07 Å². The molecule has 0 bridgehead atoms. The smallest absolute Gasteiger partial charge is 0.310 e. The SMILES string of the molecule is CCCCC(C)C(C)C(CC)O[C@@H]1CC(C(=O)O)C=C(n2cc([C@]3(O)CCC4C5CCc6cc(O)ccc6C5CC[C@@]43C)nn2)[C@H]1NC(C)=O. The number of hydrogen-bond donors (Lipinski definition) is 4. The monoisotopic (exact) mass is 690 g/mol. The molecular formula is C40H58N4O6. The van der Waals surface area contributed by atoms with Gasteiger partial charge in [-0.15, -0.1) is 5.10 Å². The maximum atomic E-state index is 12.6. The van der Waals surface area contributed by atoms with E-state index in [0.29, 0.717) is 47.2 Å². The molecule has 2 aromatic rings. The molecule has 0 spiro atoms. The van der Waals surface area contributed by atoms with Crippen molar-refractivity contribution in [1.29, 1.82) is 0 Å². The highest BCUT2D eigenvalue weighted by atomic mass is 16.5. The highest BCUT2D eigenvalue weighted by Gasteiger charge is 2.63. The minimum absolute atomic E-state index is 0.105. The number of aromatic hydroxyl groups is 1. The number of amides is 1. The number of aromatic nitrogens is 3. The highest BCUT2D eigenvalue weighted by Crippen LogP contribution is 2.66. The van der Waals surface area contributed by atoms with Crippen LogP contribution < -0.4 is 5.32 Å². The number of rotatable bonds is 12. The van der Waals surface area contributed by atoms with Crippen molar-refractivity contribution in [2.45, 2.75) is 142 Å². The fourth-order valence-corrected chi connectivity index (χ4v) is 10.4. The van der Waals surface area contributed by atoms with Gasteiger partial charge in [-0.25, -0.2) is 4.68 Å². The molecule has 1 amide bonds. The molecule has 274 valence electrons. The van der Waals surface area contributed by atoms with Crippen molar-refractivity contribution >= 4 is 17.6 Å². The van der Waals surface area contributed by atoms with Crippen LogP contribution in [0.25, 0.3) is 5.70 Å². The molecule has 0 radical (unpaired) electrons. The van der Waals surface area contributed by atoms with Gasteiger partial charge in [0.05, 0.1) is 36.1 Å². The Hall–Kier alpha value is -3.24. The average molecular weight is 691 g/mol. The third kappa shape index (κ3) is 6.51. The molecule has 0 saturated heterocycles. The fourth-order valence-electron chi connectivity index (χ4n) is 10.4. The van der Waals surface area contributed by atoms with Gasteiger partial charge in [-0.1, -0.05) is 65.2 Å².